The van der Waals surface area contributed by atoms with Crippen LogP contribution in [-0.4, -0.2) is 30.5 Å². The Balaban J connectivity index is 1.95. The first-order valence-corrected chi connectivity index (χ1v) is 9.17. The first-order chi connectivity index (χ1) is 14.3. The molecule has 30 heavy (non-hydrogen) atoms. The van der Waals surface area contributed by atoms with Crippen molar-refractivity contribution in [2.45, 2.75) is 0 Å². The Kier molecular flexibility index (Phi) is 6.39. The fourth-order valence-electron chi connectivity index (χ4n) is 2.58. The molecule has 0 amide bonds. The average molecular weight is 449 g/mol. The Hall–Kier alpha value is -3.36. The van der Waals surface area contributed by atoms with Crippen LogP contribution in [-0.2, 0) is 9.53 Å². The minimum Gasteiger partial charge on any atom is -0.493 e. The number of ether oxygens (including phenoxy) is 3. The summed E-state index contributed by atoms with van der Waals surface area (Å²) in [5.41, 5.74) is 0.583. The highest BCUT2D eigenvalue weighted by atomic mass is 35.5. The van der Waals surface area contributed by atoms with E-state index < -0.39 is 10.9 Å². The monoisotopic (exact) mass is 448 g/mol. The number of non-ortho nitro benzene ring substituents is 1. The van der Waals surface area contributed by atoms with Gasteiger partial charge in [-0.1, -0.05) is 35.9 Å². The molecule has 0 aromatic heterocycles. The molecular formula is C20H14Cl2N2O6. The van der Waals surface area contributed by atoms with E-state index in [1.807, 2.05) is 0 Å². The lowest BCUT2D eigenvalue weighted by Crippen LogP contribution is -2.06. The number of hydrogen-bond acceptors (Lipinski definition) is 7. The molecule has 0 N–H and O–H groups in total. The number of benzene rings is 2. The smallest absolute Gasteiger partial charge is 0.363 e. The van der Waals surface area contributed by atoms with Gasteiger partial charge in [0.1, 0.15) is 6.61 Å². The van der Waals surface area contributed by atoms with Crippen LogP contribution in [0.5, 0.6) is 11.5 Å². The molecule has 0 spiro atoms. The Bertz CT molecular complexity index is 1110. The van der Waals surface area contributed by atoms with Crippen molar-refractivity contribution in [3.8, 4) is 11.5 Å². The Morgan fingerprint density at radius 1 is 1.27 bits per heavy atom. The van der Waals surface area contributed by atoms with Gasteiger partial charge in [-0.2, -0.15) is 0 Å². The zero-order valence-corrected chi connectivity index (χ0v) is 17.1. The lowest BCUT2D eigenvalue weighted by molar-refractivity contribution is -0.384. The van der Waals surface area contributed by atoms with Crippen LogP contribution in [0.25, 0.3) is 6.08 Å². The summed E-state index contributed by atoms with van der Waals surface area (Å²) in [4.78, 5) is 26.7. The Morgan fingerprint density at radius 3 is 2.67 bits per heavy atom. The third-order valence-corrected chi connectivity index (χ3v) is 4.51. The molecule has 2 aromatic rings. The largest absolute Gasteiger partial charge is 0.493 e. The van der Waals surface area contributed by atoms with Gasteiger partial charge in [-0.25, -0.2) is 9.79 Å². The number of halogens is 2. The molecule has 8 nitrogen and oxygen atoms in total. The molecule has 1 heterocycles. The van der Waals surface area contributed by atoms with E-state index in [0.29, 0.717) is 17.1 Å². The number of carbonyl (C=O) groups is 1. The zero-order chi connectivity index (χ0) is 21.8. The molecule has 0 saturated carbocycles. The Labute approximate surface area is 181 Å². The molecule has 0 radical (unpaired) electrons. The number of methoxy groups -OCH3 is 1. The molecular weight excluding hydrogens is 435 g/mol. The van der Waals surface area contributed by atoms with Crippen molar-refractivity contribution in [2.24, 2.45) is 4.99 Å². The van der Waals surface area contributed by atoms with Crippen LogP contribution >= 0.6 is 23.2 Å². The van der Waals surface area contributed by atoms with Crippen LogP contribution in [0.15, 0.2) is 53.7 Å². The van der Waals surface area contributed by atoms with Crippen LogP contribution in [0.1, 0.15) is 11.1 Å². The molecule has 2 aromatic carbocycles. The van der Waals surface area contributed by atoms with Gasteiger partial charge in [0.05, 0.1) is 27.6 Å². The van der Waals surface area contributed by atoms with Crippen molar-refractivity contribution in [3.05, 3.63) is 80.0 Å². The van der Waals surface area contributed by atoms with E-state index in [1.54, 1.807) is 18.2 Å². The summed E-state index contributed by atoms with van der Waals surface area (Å²) in [7, 11) is 1.46. The highest BCUT2D eigenvalue weighted by molar-refractivity contribution is 6.35. The second-order valence-electron chi connectivity index (χ2n) is 5.89. The highest BCUT2D eigenvalue weighted by Gasteiger charge is 2.27. The second-order valence-corrected chi connectivity index (χ2v) is 6.71. The summed E-state index contributed by atoms with van der Waals surface area (Å²) < 4.78 is 16.0. The summed E-state index contributed by atoms with van der Waals surface area (Å²) in [6.07, 6.45) is 3.03. The number of esters is 1. The van der Waals surface area contributed by atoms with Crippen LogP contribution in [0.3, 0.4) is 0 Å². The summed E-state index contributed by atoms with van der Waals surface area (Å²) in [6, 6.07) is 6.96. The van der Waals surface area contributed by atoms with Crippen LogP contribution < -0.4 is 9.47 Å². The third-order valence-electron chi connectivity index (χ3n) is 3.92. The van der Waals surface area contributed by atoms with E-state index in [1.165, 1.54) is 25.3 Å². The predicted octanol–water partition coefficient (Wildman–Crippen LogP) is 4.82. The fraction of sp³-hybridized carbons (Fsp3) is 0.100. The second kappa shape index (κ2) is 8.98. The average Bonchev–Trinajstić information content (AvgIpc) is 3.06. The van der Waals surface area contributed by atoms with Crippen molar-refractivity contribution in [2.75, 3.05) is 13.7 Å². The van der Waals surface area contributed by atoms with Crippen LogP contribution in [0, 0.1) is 10.1 Å². The molecule has 0 unspecified atom stereocenters. The molecule has 3 rings (SSSR count). The van der Waals surface area contributed by atoms with E-state index >= 15 is 0 Å². The van der Waals surface area contributed by atoms with Crippen molar-refractivity contribution in [1.29, 1.82) is 0 Å². The molecule has 154 valence electrons. The summed E-state index contributed by atoms with van der Waals surface area (Å²) in [5.74, 6) is -0.0566. The molecule has 1 aliphatic heterocycles. The number of nitro benzene ring substituents is 1. The van der Waals surface area contributed by atoms with Gasteiger partial charge in [0.25, 0.3) is 5.69 Å². The SMILES string of the molecule is C=CCOc1c(Cl)cc(C=C2N=C(c3ccc([N+](=O)[O-])cc3Cl)OC2=O)cc1OC. The third kappa shape index (κ3) is 4.45. The van der Waals surface area contributed by atoms with Gasteiger partial charge < -0.3 is 14.2 Å². The topological polar surface area (TPSA) is 100 Å². The minimum absolute atomic E-state index is 0.00250. The molecule has 10 heteroatoms. The van der Waals surface area contributed by atoms with Gasteiger partial charge in [-0.3, -0.25) is 10.1 Å². The molecule has 0 aliphatic carbocycles. The van der Waals surface area contributed by atoms with E-state index in [2.05, 4.69) is 11.6 Å². The van der Waals surface area contributed by atoms with Gasteiger partial charge in [0, 0.05) is 12.1 Å². The number of carbonyl (C=O) groups excluding carboxylic acids is 1. The van der Waals surface area contributed by atoms with E-state index in [4.69, 9.17) is 37.4 Å². The van der Waals surface area contributed by atoms with Crippen LogP contribution in [0.2, 0.25) is 10.0 Å². The Morgan fingerprint density at radius 2 is 2.03 bits per heavy atom. The first-order valence-electron chi connectivity index (χ1n) is 8.42. The molecule has 0 fully saturated rings. The fourth-order valence-corrected chi connectivity index (χ4v) is 3.11. The molecule has 0 atom stereocenters. The summed E-state index contributed by atoms with van der Waals surface area (Å²) >= 11 is 12.3. The number of nitro groups is 1. The van der Waals surface area contributed by atoms with Crippen LogP contribution in [0.4, 0.5) is 5.69 Å². The number of rotatable bonds is 7. The quantitative estimate of drug-likeness (QED) is 0.198. The maximum absolute atomic E-state index is 12.2. The standard InChI is InChI=1S/C20H14Cl2N2O6/c1-3-6-29-18-15(22)7-11(9-17(18)28-2)8-16-20(25)30-19(23-16)13-5-4-12(24(26)27)10-14(13)21/h3-5,7-10H,1,6H2,2H3. The number of aliphatic imine (C=N–C) groups is 1. The number of nitrogens with zero attached hydrogens (tertiary/aromatic N) is 2. The van der Waals surface area contributed by atoms with Gasteiger partial charge in [-0.15, -0.1) is 0 Å². The number of hydrogen-bond donors (Lipinski definition) is 0. The highest BCUT2D eigenvalue weighted by Crippen LogP contribution is 2.37. The molecule has 1 aliphatic rings. The first kappa shape index (κ1) is 21.4. The van der Waals surface area contributed by atoms with Crippen molar-refractivity contribution >= 4 is 46.8 Å². The normalized spacial score (nSPS) is 14.3. The zero-order valence-electron chi connectivity index (χ0n) is 15.6. The maximum Gasteiger partial charge on any atom is 0.363 e. The summed E-state index contributed by atoms with van der Waals surface area (Å²) in [5, 5.41) is 11.2. The number of cyclic esters (lactones) is 1. The van der Waals surface area contributed by atoms with Gasteiger partial charge in [-0.05, 0) is 29.8 Å². The molecule has 0 saturated heterocycles. The van der Waals surface area contributed by atoms with Gasteiger partial charge in [0.2, 0.25) is 5.90 Å². The lowest BCUT2D eigenvalue weighted by Gasteiger charge is -2.12. The maximum atomic E-state index is 12.2. The van der Waals surface area contributed by atoms with Gasteiger partial charge in [0.15, 0.2) is 17.2 Å². The predicted molar refractivity (Wildman–Crippen MR) is 112 cm³/mol. The van der Waals surface area contributed by atoms with E-state index in [-0.39, 0.29) is 39.5 Å². The molecule has 0 bridgehead atoms. The van der Waals surface area contributed by atoms with Crippen molar-refractivity contribution in [3.63, 3.8) is 0 Å². The van der Waals surface area contributed by atoms with E-state index in [0.717, 1.165) is 6.07 Å². The van der Waals surface area contributed by atoms with E-state index in [9.17, 15) is 14.9 Å². The summed E-state index contributed by atoms with van der Waals surface area (Å²) in [6.45, 7) is 3.82. The van der Waals surface area contributed by atoms with Crippen molar-refractivity contribution < 1.29 is 23.9 Å². The minimum atomic E-state index is -0.707. The van der Waals surface area contributed by atoms with Gasteiger partial charge >= 0.3 is 5.97 Å². The van der Waals surface area contributed by atoms with Crippen molar-refractivity contribution in [1.82, 2.24) is 0 Å². The lowest BCUT2D eigenvalue weighted by atomic mass is 10.1.